The molecule has 5 nitrogen and oxygen atoms in total. The quantitative estimate of drug-likeness (QED) is 0.774. The Morgan fingerprint density at radius 2 is 1.96 bits per heavy atom. The van der Waals surface area contributed by atoms with Crippen LogP contribution >= 0.6 is 0 Å². The minimum Gasteiger partial charge on any atom is -0.497 e. The Bertz CT molecular complexity index is 977. The van der Waals surface area contributed by atoms with Gasteiger partial charge >= 0.3 is 0 Å². The molecule has 1 fully saturated rings. The van der Waals surface area contributed by atoms with Crippen LogP contribution in [0.25, 0.3) is 10.9 Å². The second-order valence-electron chi connectivity index (χ2n) is 6.91. The smallest absolute Gasteiger partial charge is 0.249 e. The zero-order valence-electron chi connectivity index (χ0n) is 14.6. The minimum atomic E-state index is -0.126. The number of nitrogens with one attached hydrogen (secondary N) is 1. The molecule has 26 heavy (non-hydrogen) atoms. The molecule has 0 bridgehead atoms. The summed E-state index contributed by atoms with van der Waals surface area (Å²) in [5.74, 6) is 0.859. The second-order valence-corrected chi connectivity index (χ2v) is 6.91. The van der Waals surface area contributed by atoms with Crippen molar-refractivity contribution >= 4 is 16.8 Å². The van der Waals surface area contributed by atoms with Gasteiger partial charge in [-0.15, -0.1) is 0 Å². The molecule has 3 aromatic rings. The van der Waals surface area contributed by atoms with Crippen molar-refractivity contribution in [2.75, 3.05) is 20.3 Å². The third-order valence-corrected chi connectivity index (χ3v) is 5.49. The third-order valence-electron chi connectivity index (χ3n) is 5.49. The van der Waals surface area contributed by atoms with Crippen molar-refractivity contribution in [3.63, 3.8) is 0 Å². The predicted molar refractivity (Wildman–Crippen MR) is 98.3 cm³/mol. The molecule has 0 radical (unpaired) electrons. The van der Waals surface area contributed by atoms with Gasteiger partial charge < -0.3 is 19.4 Å². The van der Waals surface area contributed by atoms with E-state index in [1.807, 2.05) is 35.2 Å². The maximum atomic E-state index is 12.7. The number of carbonyl (C=O) groups is 1. The molecule has 2 atom stereocenters. The van der Waals surface area contributed by atoms with Crippen LogP contribution in [0.3, 0.4) is 0 Å². The Balaban J connectivity index is 1.71. The lowest BCUT2D eigenvalue weighted by Gasteiger charge is -2.44. The fraction of sp³-hybridized carbons (Fsp3) is 0.286. The molecule has 0 saturated carbocycles. The summed E-state index contributed by atoms with van der Waals surface area (Å²) in [7, 11) is 1.66. The van der Waals surface area contributed by atoms with Gasteiger partial charge in [-0.3, -0.25) is 4.79 Å². The standard InChI is InChI=1S/C21H20N2O3/c1-25-15-8-6-13(7-9-15)21-20-17(16-4-2-3-5-18(16)22-20)10-14-11-26-12-19(24)23(14)21/h2-9,14,21-22H,10-12H2,1H3/t14-,21-/m0/s1. The van der Waals surface area contributed by atoms with E-state index in [0.717, 1.165) is 28.9 Å². The van der Waals surface area contributed by atoms with E-state index in [1.165, 1.54) is 10.9 Å². The molecule has 0 aliphatic carbocycles. The summed E-state index contributed by atoms with van der Waals surface area (Å²) in [6, 6.07) is 16.3. The summed E-state index contributed by atoms with van der Waals surface area (Å²) >= 11 is 0. The number of rotatable bonds is 2. The van der Waals surface area contributed by atoms with E-state index in [4.69, 9.17) is 9.47 Å². The number of fused-ring (bicyclic) bond motifs is 4. The summed E-state index contributed by atoms with van der Waals surface area (Å²) in [6.45, 7) is 0.732. The highest BCUT2D eigenvalue weighted by molar-refractivity contribution is 5.87. The van der Waals surface area contributed by atoms with Crippen molar-refractivity contribution < 1.29 is 14.3 Å². The SMILES string of the molecule is COc1ccc([C@H]2c3[nH]c4ccccc4c3C[C@H]3COCC(=O)N32)cc1. The number of hydrogen-bond acceptors (Lipinski definition) is 3. The highest BCUT2D eigenvalue weighted by atomic mass is 16.5. The number of aromatic nitrogens is 1. The zero-order valence-corrected chi connectivity index (χ0v) is 14.6. The van der Waals surface area contributed by atoms with Crippen molar-refractivity contribution in [3.8, 4) is 5.75 Å². The molecule has 2 aliphatic heterocycles. The summed E-state index contributed by atoms with van der Waals surface area (Å²) in [5, 5.41) is 1.23. The number of H-pyrrole nitrogens is 1. The number of para-hydroxylation sites is 1. The van der Waals surface area contributed by atoms with Gasteiger partial charge in [-0.25, -0.2) is 0 Å². The molecule has 3 heterocycles. The van der Waals surface area contributed by atoms with E-state index in [2.05, 4.69) is 23.2 Å². The Hall–Kier alpha value is -2.79. The predicted octanol–water partition coefficient (Wildman–Crippen LogP) is 3.05. The Morgan fingerprint density at radius 3 is 2.77 bits per heavy atom. The van der Waals surface area contributed by atoms with E-state index >= 15 is 0 Å². The van der Waals surface area contributed by atoms with Crippen LogP contribution in [-0.2, 0) is 16.0 Å². The molecule has 1 saturated heterocycles. The number of amides is 1. The number of morpholine rings is 1. The van der Waals surface area contributed by atoms with Gasteiger partial charge in [0, 0.05) is 16.6 Å². The second kappa shape index (κ2) is 5.88. The molecule has 0 unspecified atom stereocenters. The molecule has 0 spiro atoms. The number of methoxy groups -OCH3 is 1. The van der Waals surface area contributed by atoms with Gasteiger partial charge in [-0.05, 0) is 35.7 Å². The zero-order chi connectivity index (χ0) is 17.7. The normalized spacial score (nSPS) is 22.2. The Morgan fingerprint density at radius 1 is 1.15 bits per heavy atom. The van der Waals surface area contributed by atoms with Crippen LogP contribution in [0.4, 0.5) is 0 Å². The maximum absolute atomic E-state index is 12.7. The number of carbonyl (C=O) groups excluding carboxylic acids is 1. The highest BCUT2D eigenvalue weighted by Crippen LogP contribution is 2.42. The third kappa shape index (κ3) is 2.24. The first-order valence-corrected chi connectivity index (χ1v) is 8.88. The Kier molecular flexibility index (Phi) is 3.50. The molecule has 2 aliphatic rings. The van der Waals surface area contributed by atoms with Crippen LogP contribution in [0.2, 0.25) is 0 Å². The van der Waals surface area contributed by atoms with E-state index < -0.39 is 0 Å². The Labute approximate surface area is 151 Å². The first-order chi connectivity index (χ1) is 12.8. The van der Waals surface area contributed by atoms with Gasteiger partial charge in [0.05, 0.1) is 25.8 Å². The maximum Gasteiger partial charge on any atom is 0.249 e. The van der Waals surface area contributed by atoms with Crippen LogP contribution in [0.15, 0.2) is 48.5 Å². The van der Waals surface area contributed by atoms with E-state index in [1.54, 1.807) is 7.11 Å². The van der Waals surface area contributed by atoms with Crippen LogP contribution in [0.5, 0.6) is 5.75 Å². The summed E-state index contributed by atoms with van der Waals surface area (Å²) < 4.78 is 10.8. The molecule has 1 aromatic heterocycles. The molecule has 5 heteroatoms. The molecular weight excluding hydrogens is 328 g/mol. The number of nitrogens with zero attached hydrogens (tertiary/aromatic N) is 1. The highest BCUT2D eigenvalue weighted by Gasteiger charge is 2.42. The minimum absolute atomic E-state index is 0.0476. The van der Waals surface area contributed by atoms with Crippen molar-refractivity contribution in [2.45, 2.75) is 18.5 Å². The molecule has 2 aromatic carbocycles. The monoisotopic (exact) mass is 348 g/mol. The number of benzene rings is 2. The average molecular weight is 348 g/mol. The van der Waals surface area contributed by atoms with Gasteiger partial charge in [0.15, 0.2) is 0 Å². The summed E-state index contributed by atoms with van der Waals surface area (Å²) in [5.41, 5.74) is 4.60. The van der Waals surface area contributed by atoms with Gasteiger partial charge in [0.1, 0.15) is 12.4 Å². The van der Waals surface area contributed by atoms with Gasteiger partial charge in [-0.2, -0.15) is 0 Å². The summed E-state index contributed by atoms with van der Waals surface area (Å²) in [6.07, 6.45) is 0.817. The van der Waals surface area contributed by atoms with Crippen LogP contribution in [0.1, 0.15) is 22.9 Å². The average Bonchev–Trinajstić information content (AvgIpc) is 3.05. The first kappa shape index (κ1) is 15.5. The van der Waals surface area contributed by atoms with E-state index in [0.29, 0.717) is 6.61 Å². The summed E-state index contributed by atoms with van der Waals surface area (Å²) in [4.78, 5) is 18.3. The molecular formula is C21H20N2O3. The van der Waals surface area contributed by atoms with Crippen molar-refractivity contribution in [3.05, 3.63) is 65.4 Å². The molecule has 5 rings (SSSR count). The fourth-order valence-corrected chi connectivity index (χ4v) is 4.32. The largest absolute Gasteiger partial charge is 0.497 e. The number of hydrogen-bond donors (Lipinski definition) is 1. The van der Waals surface area contributed by atoms with Crippen LogP contribution in [0, 0.1) is 0 Å². The molecule has 1 amide bonds. The van der Waals surface area contributed by atoms with E-state index in [-0.39, 0.29) is 24.6 Å². The fourth-order valence-electron chi connectivity index (χ4n) is 4.32. The van der Waals surface area contributed by atoms with Crippen molar-refractivity contribution in [1.29, 1.82) is 0 Å². The first-order valence-electron chi connectivity index (χ1n) is 8.88. The lowest BCUT2D eigenvalue weighted by Crippen LogP contribution is -2.54. The van der Waals surface area contributed by atoms with E-state index in [9.17, 15) is 4.79 Å². The number of ether oxygens (including phenoxy) is 2. The van der Waals surface area contributed by atoms with Crippen LogP contribution < -0.4 is 4.74 Å². The van der Waals surface area contributed by atoms with Gasteiger partial charge in [-0.1, -0.05) is 30.3 Å². The molecule has 132 valence electrons. The van der Waals surface area contributed by atoms with Gasteiger partial charge in [0.25, 0.3) is 0 Å². The number of aromatic amines is 1. The van der Waals surface area contributed by atoms with Crippen molar-refractivity contribution in [1.82, 2.24) is 9.88 Å². The molecule has 1 N–H and O–H groups in total. The lowest BCUT2D eigenvalue weighted by atomic mass is 9.87. The van der Waals surface area contributed by atoms with Crippen LogP contribution in [-0.4, -0.2) is 42.2 Å². The topological polar surface area (TPSA) is 54.6 Å². The van der Waals surface area contributed by atoms with Crippen molar-refractivity contribution in [2.24, 2.45) is 0 Å². The lowest BCUT2D eigenvalue weighted by molar-refractivity contribution is -0.151. The van der Waals surface area contributed by atoms with Gasteiger partial charge in [0.2, 0.25) is 5.91 Å².